The summed E-state index contributed by atoms with van der Waals surface area (Å²) in [5.74, 6) is -0.179. The number of guanidine groups is 1. The molecule has 0 amide bonds. The molecule has 5 N–H and O–H groups in total. The number of aryl methyl sites for hydroxylation is 1. The third-order valence-corrected chi connectivity index (χ3v) is 4.35. The molecule has 146 valence electrons. The molecule has 0 aliphatic carbocycles. The molecule has 3 rings (SSSR count). The smallest absolute Gasteiger partial charge is 0.294 e. The van der Waals surface area contributed by atoms with Crippen molar-refractivity contribution in [3.63, 3.8) is 0 Å². The lowest BCUT2D eigenvalue weighted by atomic mass is 10.1. The maximum absolute atomic E-state index is 10.5. The Hall–Kier alpha value is -3.34. The second-order valence-electron chi connectivity index (χ2n) is 5.55. The van der Waals surface area contributed by atoms with Crippen LogP contribution in [0.15, 0.2) is 75.9 Å². The first kappa shape index (κ1) is 21.0. The maximum Gasteiger partial charge on any atom is 0.294 e. The molecule has 0 aliphatic rings. The molecule has 3 aromatic rings. The lowest BCUT2D eigenvalue weighted by Crippen LogP contribution is -2.27. The highest BCUT2D eigenvalue weighted by Crippen LogP contribution is 2.14. The van der Waals surface area contributed by atoms with Gasteiger partial charge in [-0.15, -0.1) is 5.10 Å². The highest BCUT2D eigenvalue weighted by Gasteiger charge is 2.06. The molecule has 10 heteroatoms. The van der Waals surface area contributed by atoms with Gasteiger partial charge in [0.15, 0.2) is 0 Å². The van der Waals surface area contributed by atoms with Gasteiger partial charge in [0.05, 0.1) is 16.8 Å². The third-order valence-electron chi connectivity index (χ3n) is 3.48. The lowest BCUT2D eigenvalue weighted by molar-refractivity contribution is 0.232. The topological polar surface area (TPSA) is 150 Å². The van der Waals surface area contributed by atoms with Crippen LogP contribution in [-0.4, -0.2) is 35.3 Å². The molecule has 0 spiro atoms. The van der Waals surface area contributed by atoms with Crippen LogP contribution in [0.25, 0.3) is 10.8 Å². The van der Waals surface area contributed by atoms with Crippen molar-refractivity contribution in [2.24, 2.45) is 15.9 Å². The number of pyridine rings is 1. The van der Waals surface area contributed by atoms with E-state index in [9.17, 15) is 8.42 Å². The number of fused-ring (bicyclic) bond motifs is 1. The number of rotatable bonds is 3. The number of hydrogen-bond donors (Lipinski definition) is 4. The van der Waals surface area contributed by atoms with Gasteiger partial charge in [0, 0.05) is 11.6 Å². The third kappa shape index (κ3) is 6.13. The van der Waals surface area contributed by atoms with E-state index in [0.29, 0.717) is 5.69 Å². The minimum Gasteiger partial charge on any atom is -0.367 e. The number of aromatic nitrogens is 1. The second-order valence-corrected chi connectivity index (χ2v) is 6.97. The molecule has 0 aliphatic heterocycles. The molecule has 2 aromatic carbocycles. The summed E-state index contributed by atoms with van der Waals surface area (Å²) in [5, 5.41) is 17.7. The Kier molecular flexibility index (Phi) is 7.15. The van der Waals surface area contributed by atoms with Gasteiger partial charge in [-0.05, 0) is 30.5 Å². The van der Waals surface area contributed by atoms with Gasteiger partial charge in [-0.2, -0.15) is 13.5 Å². The molecule has 0 saturated heterocycles. The number of benzene rings is 2. The summed E-state index contributed by atoms with van der Waals surface area (Å²) in [4.78, 5) is 4.12. The SMILES string of the molecule is Cc1ccc(S(=O)(=O)O)cc1.N/C(=N/N=C\c1nccc2ccccc12)NO. The molecular formula is C18H19N5O4S. The van der Waals surface area contributed by atoms with Gasteiger partial charge in [0.25, 0.3) is 10.1 Å². The first-order valence-electron chi connectivity index (χ1n) is 7.96. The normalized spacial score (nSPS) is 11.9. The molecule has 28 heavy (non-hydrogen) atoms. The molecule has 0 bridgehead atoms. The van der Waals surface area contributed by atoms with Crippen molar-refractivity contribution < 1.29 is 18.2 Å². The Balaban J connectivity index is 0.000000221. The van der Waals surface area contributed by atoms with Crippen molar-refractivity contribution in [2.75, 3.05) is 0 Å². The van der Waals surface area contributed by atoms with Gasteiger partial charge in [-0.25, -0.2) is 5.48 Å². The van der Waals surface area contributed by atoms with E-state index in [1.54, 1.807) is 23.8 Å². The van der Waals surface area contributed by atoms with Crippen LogP contribution in [0.2, 0.25) is 0 Å². The summed E-state index contributed by atoms with van der Waals surface area (Å²) < 4.78 is 29.6. The average molecular weight is 401 g/mol. The summed E-state index contributed by atoms with van der Waals surface area (Å²) in [5.41, 5.74) is 8.53. The van der Waals surface area contributed by atoms with Gasteiger partial charge in [0.2, 0.25) is 5.96 Å². The van der Waals surface area contributed by atoms with E-state index < -0.39 is 10.1 Å². The fourth-order valence-corrected chi connectivity index (χ4v) is 2.60. The standard InChI is InChI=1S/C11H11N5O.C7H8O3S/c12-11(16-17)15-14-7-10-9-4-2-1-3-8(9)5-6-13-10;1-6-2-4-7(5-3-6)11(8,9)10/h1-7,17H,(H3,12,15,16);2-5H,1H3,(H,8,9,10)/b14-7-;. The van der Waals surface area contributed by atoms with E-state index in [2.05, 4.69) is 15.2 Å². The van der Waals surface area contributed by atoms with Crippen LogP contribution in [0.4, 0.5) is 0 Å². The lowest BCUT2D eigenvalue weighted by Gasteiger charge is -1.99. The van der Waals surface area contributed by atoms with Crippen LogP contribution in [0.3, 0.4) is 0 Å². The van der Waals surface area contributed by atoms with Crippen molar-refractivity contribution in [1.29, 1.82) is 0 Å². The largest absolute Gasteiger partial charge is 0.367 e. The fourth-order valence-electron chi connectivity index (χ4n) is 2.12. The Bertz CT molecular complexity index is 1090. The first-order valence-corrected chi connectivity index (χ1v) is 9.40. The molecule has 0 unspecified atom stereocenters. The van der Waals surface area contributed by atoms with E-state index in [1.807, 2.05) is 37.3 Å². The maximum atomic E-state index is 10.5. The molecular weight excluding hydrogens is 382 g/mol. The van der Waals surface area contributed by atoms with Crippen molar-refractivity contribution in [2.45, 2.75) is 11.8 Å². The van der Waals surface area contributed by atoms with Crippen LogP contribution in [0, 0.1) is 6.92 Å². The molecule has 0 saturated carbocycles. The van der Waals surface area contributed by atoms with Crippen molar-refractivity contribution in [1.82, 2.24) is 10.5 Å². The van der Waals surface area contributed by atoms with Crippen molar-refractivity contribution >= 4 is 33.1 Å². The van der Waals surface area contributed by atoms with Gasteiger partial charge in [0.1, 0.15) is 0 Å². The molecule has 9 nitrogen and oxygen atoms in total. The highest BCUT2D eigenvalue weighted by molar-refractivity contribution is 7.85. The predicted octanol–water partition coefficient (Wildman–Crippen LogP) is 2.10. The molecule has 1 heterocycles. The summed E-state index contributed by atoms with van der Waals surface area (Å²) in [6, 6.07) is 15.7. The fraction of sp³-hybridized carbons (Fsp3) is 0.0556. The van der Waals surface area contributed by atoms with E-state index in [4.69, 9.17) is 15.5 Å². The van der Waals surface area contributed by atoms with E-state index >= 15 is 0 Å². The average Bonchev–Trinajstić information content (AvgIpc) is 2.68. The van der Waals surface area contributed by atoms with E-state index in [0.717, 1.165) is 16.3 Å². The first-order chi connectivity index (χ1) is 13.3. The van der Waals surface area contributed by atoms with Crippen LogP contribution < -0.4 is 11.2 Å². The molecule has 0 atom stereocenters. The Labute approximate surface area is 162 Å². The van der Waals surface area contributed by atoms with Crippen LogP contribution in [-0.2, 0) is 10.1 Å². The molecule has 0 radical (unpaired) electrons. The van der Waals surface area contributed by atoms with Crippen LogP contribution in [0.1, 0.15) is 11.3 Å². The highest BCUT2D eigenvalue weighted by atomic mass is 32.2. The number of nitrogens with two attached hydrogens (primary N) is 1. The predicted molar refractivity (Wildman–Crippen MR) is 107 cm³/mol. The summed E-state index contributed by atoms with van der Waals surface area (Å²) in [7, 11) is -4.02. The minimum absolute atomic E-state index is 0.0666. The van der Waals surface area contributed by atoms with Crippen molar-refractivity contribution in [3.05, 3.63) is 72.1 Å². The minimum atomic E-state index is -4.02. The molecule has 0 fully saturated rings. The van der Waals surface area contributed by atoms with Gasteiger partial charge in [-0.1, -0.05) is 42.0 Å². The number of nitrogens with zero attached hydrogens (tertiary/aromatic N) is 3. The van der Waals surface area contributed by atoms with Gasteiger partial charge < -0.3 is 5.73 Å². The van der Waals surface area contributed by atoms with E-state index in [-0.39, 0.29) is 10.9 Å². The van der Waals surface area contributed by atoms with Crippen molar-refractivity contribution in [3.8, 4) is 0 Å². The Morgan fingerprint density at radius 3 is 2.46 bits per heavy atom. The Morgan fingerprint density at radius 1 is 1.14 bits per heavy atom. The summed E-state index contributed by atoms with van der Waals surface area (Å²) >= 11 is 0. The number of hydrogen-bond acceptors (Lipinski definition) is 6. The van der Waals surface area contributed by atoms with Gasteiger partial charge >= 0.3 is 0 Å². The zero-order valence-electron chi connectivity index (χ0n) is 14.9. The van der Waals surface area contributed by atoms with Gasteiger partial charge in [-0.3, -0.25) is 14.7 Å². The van der Waals surface area contributed by atoms with Crippen LogP contribution >= 0.6 is 0 Å². The quantitative estimate of drug-likeness (QED) is 0.227. The Morgan fingerprint density at radius 2 is 1.82 bits per heavy atom. The van der Waals surface area contributed by atoms with Crippen LogP contribution in [0.5, 0.6) is 0 Å². The zero-order chi connectivity index (χ0) is 20.6. The molecule has 1 aromatic heterocycles. The zero-order valence-corrected chi connectivity index (χ0v) is 15.7. The number of nitrogens with one attached hydrogen (secondary N) is 1. The summed E-state index contributed by atoms with van der Waals surface area (Å²) in [6.07, 6.45) is 3.17. The summed E-state index contributed by atoms with van der Waals surface area (Å²) in [6.45, 7) is 1.84. The number of hydroxylamine groups is 1. The monoisotopic (exact) mass is 401 g/mol. The van der Waals surface area contributed by atoms with E-state index in [1.165, 1.54) is 18.3 Å². The second kappa shape index (κ2) is 9.55.